The highest BCUT2D eigenvalue weighted by atomic mass is 79.9. The van der Waals surface area contributed by atoms with Crippen molar-refractivity contribution in [2.45, 2.75) is 19.4 Å². The fourth-order valence-corrected chi connectivity index (χ4v) is 1.80. The minimum absolute atomic E-state index is 0.187. The predicted molar refractivity (Wildman–Crippen MR) is 60.3 cm³/mol. The van der Waals surface area contributed by atoms with Crippen molar-refractivity contribution < 1.29 is 5.11 Å². The van der Waals surface area contributed by atoms with Crippen molar-refractivity contribution in [1.29, 1.82) is 0 Å². The zero-order chi connectivity index (χ0) is 11.2. The Bertz CT molecular complexity index is 515. The van der Waals surface area contributed by atoms with Gasteiger partial charge in [-0.05, 0) is 41.9 Å². The molecule has 2 heterocycles. The summed E-state index contributed by atoms with van der Waals surface area (Å²) in [5.41, 5.74) is 5.79. The van der Waals surface area contributed by atoms with E-state index in [-0.39, 0.29) is 5.95 Å². The van der Waals surface area contributed by atoms with Crippen molar-refractivity contribution in [3.63, 3.8) is 0 Å². The minimum Gasteiger partial charge on any atom is -0.384 e. The lowest BCUT2D eigenvalue weighted by molar-refractivity contribution is 0.0715. The lowest BCUT2D eigenvalue weighted by atomic mass is 10.1. The highest BCUT2D eigenvalue weighted by Crippen LogP contribution is 2.25. The van der Waals surface area contributed by atoms with E-state index in [4.69, 9.17) is 5.73 Å². The highest BCUT2D eigenvalue weighted by Gasteiger charge is 2.21. The quantitative estimate of drug-likeness (QED) is 0.819. The molecule has 0 aliphatic rings. The Morgan fingerprint density at radius 1 is 1.47 bits per heavy atom. The number of aromatic nitrogens is 3. The van der Waals surface area contributed by atoms with E-state index in [1.165, 1.54) is 0 Å². The van der Waals surface area contributed by atoms with Crippen LogP contribution in [0.3, 0.4) is 0 Å². The molecule has 2 aromatic rings. The average Bonchev–Trinajstić information content (AvgIpc) is 2.45. The maximum atomic E-state index is 9.94. The third kappa shape index (κ3) is 1.70. The molecule has 2 rings (SSSR count). The van der Waals surface area contributed by atoms with Gasteiger partial charge in [-0.25, -0.2) is 4.52 Å². The van der Waals surface area contributed by atoms with Gasteiger partial charge in [0.25, 0.3) is 0 Å². The van der Waals surface area contributed by atoms with Crippen molar-refractivity contribution in [2.24, 2.45) is 0 Å². The minimum atomic E-state index is -0.987. The monoisotopic (exact) mass is 270 g/mol. The van der Waals surface area contributed by atoms with E-state index >= 15 is 0 Å². The molecular weight excluding hydrogens is 260 g/mol. The van der Waals surface area contributed by atoms with Gasteiger partial charge in [0.1, 0.15) is 5.60 Å². The molecule has 15 heavy (non-hydrogen) atoms. The first-order chi connectivity index (χ1) is 6.89. The lowest BCUT2D eigenvalue weighted by Gasteiger charge is -2.18. The van der Waals surface area contributed by atoms with E-state index in [1.807, 2.05) is 6.07 Å². The fourth-order valence-electron chi connectivity index (χ4n) is 1.41. The van der Waals surface area contributed by atoms with Crippen LogP contribution in [0.4, 0.5) is 5.95 Å². The van der Waals surface area contributed by atoms with Gasteiger partial charge < -0.3 is 10.8 Å². The molecule has 0 fully saturated rings. The molecular formula is C9H11BrN4O. The summed E-state index contributed by atoms with van der Waals surface area (Å²) in [4.78, 5) is 4.06. The van der Waals surface area contributed by atoms with Gasteiger partial charge in [-0.1, -0.05) is 0 Å². The fraction of sp³-hybridized carbons (Fsp3) is 0.333. The van der Waals surface area contributed by atoms with Gasteiger partial charge in [0.05, 0.1) is 10.2 Å². The molecule has 6 heteroatoms. The van der Waals surface area contributed by atoms with Crippen LogP contribution in [0.15, 0.2) is 16.6 Å². The molecule has 0 saturated heterocycles. The van der Waals surface area contributed by atoms with Gasteiger partial charge in [0.15, 0.2) is 5.65 Å². The molecule has 0 amide bonds. The highest BCUT2D eigenvalue weighted by molar-refractivity contribution is 9.10. The van der Waals surface area contributed by atoms with Crippen LogP contribution in [0.5, 0.6) is 0 Å². The number of pyridine rings is 1. The second kappa shape index (κ2) is 3.18. The number of anilines is 1. The maximum Gasteiger partial charge on any atom is 0.240 e. The number of nitrogen functional groups attached to an aromatic ring is 1. The molecule has 0 aliphatic heterocycles. The molecule has 0 spiro atoms. The molecule has 5 nitrogen and oxygen atoms in total. The third-order valence-corrected chi connectivity index (χ3v) is 2.70. The molecule has 0 radical (unpaired) electrons. The number of halogens is 1. The van der Waals surface area contributed by atoms with Gasteiger partial charge in [-0.2, -0.15) is 4.98 Å². The molecule has 0 unspecified atom stereocenters. The largest absolute Gasteiger partial charge is 0.384 e. The van der Waals surface area contributed by atoms with Crippen LogP contribution < -0.4 is 5.73 Å². The van der Waals surface area contributed by atoms with Gasteiger partial charge in [0.2, 0.25) is 5.95 Å². The first kappa shape index (κ1) is 10.4. The molecule has 0 bridgehead atoms. The third-order valence-electron chi connectivity index (χ3n) is 2.08. The summed E-state index contributed by atoms with van der Waals surface area (Å²) >= 11 is 3.35. The van der Waals surface area contributed by atoms with E-state index in [1.54, 1.807) is 24.4 Å². The maximum absolute atomic E-state index is 9.94. The van der Waals surface area contributed by atoms with Crippen molar-refractivity contribution in [3.8, 4) is 0 Å². The summed E-state index contributed by atoms with van der Waals surface area (Å²) in [6.45, 7) is 3.38. The molecule has 0 atom stereocenters. The van der Waals surface area contributed by atoms with E-state index in [2.05, 4.69) is 26.0 Å². The SMILES string of the molecule is CC(C)(O)c1ccc(Br)c2nc(N)nn12. The Kier molecular flexibility index (Phi) is 2.20. The molecule has 3 N–H and O–H groups in total. The molecule has 0 aliphatic carbocycles. The Morgan fingerprint density at radius 2 is 2.13 bits per heavy atom. The first-order valence-corrected chi connectivity index (χ1v) is 5.22. The zero-order valence-electron chi connectivity index (χ0n) is 8.40. The topological polar surface area (TPSA) is 76.4 Å². The van der Waals surface area contributed by atoms with Gasteiger partial charge in [0, 0.05) is 0 Å². The number of nitrogens with zero attached hydrogens (tertiary/aromatic N) is 3. The van der Waals surface area contributed by atoms with E-state index in [0.717, 1.165) is 4.47 Å². The van der Waals surface area contributed by atoms with Crippen LogP contribution >= 0.6 is 15.9 Å². The molecule has 80 valence electrons. The smallest absolute Gasteiger partial charge is 0.240 e. The van der Waals surface area contributed by atoms with Gasteiger partial charge in [-0.15, -0.1) is 5.10 Å². The second-order valence-electron chi connectivity index (χ2n) is 3.83. The van der Waals surface area contributed by atoms with E-state index in [0.29, 0.717) is 11.3 Å². The summed E-state index contributed by atoms with van der Waals surface area (Å²) in [5.74, 6) is 0.187. The summed E-state index contributed by atoms with van der Waals surface area (Å²) < 4.78 is 2.33. The lowest BCUT2D eigenvalue weighted by Crippen LogP contribution is -2.20. The molecule has 0 saturated carbocycles. The normalized spacial score (nSPS) is 12.3. The number of rotatable bonds is 1. The number of hydrogen-bond acceptors (Lipinski definition) is 4. The number of hydrogen-bond donors (Lipinski definition) is 2. The number of nitrogens with two attached hydrogens (primary N) is 1. The number of fused-ring (bicyclic) bond motifs is 1. The van der Waals surface area contributed by atoms with Crippen molar-refractivity contribution >= 4 is 27.5 Å². The Labute approximate surface area is 95.1 Å². The summed E-state index contributed by atoms with van der Waals surface area (Å²) in [5, 5.41) is 14.0. The van der Waals surface area contributed by atoms with Crippen LogP contribution in [0.2, 0.25) is 0 Å². The average molecular weight is 271 g/mol. The van der Waals surface area contributed by atoms with Gasteiger partial charge in [-0.3, -0.25) is 0 Å². The van der Waals surface area contributed by atoms with Crippen LogP contribution in [0.1, 0.15) is 19.5 Å². The van der Waals surface area contributed by atoms with E-state index in [9.17, 15) is 5.11 Å². The van der Waals surface area contributed by atoms with Crippen LogP contribution in [-0.4, -0.2) is 19.7 Å². The number of aliphatic hydroxyl groups is 1. The summed E-state index contributed by atoms with van der Waals surface area (Å²) in [6.07, 6.45) is 0. The second-order valence-corrected chi connectivity index (χ2v) is 4.69. The van der Waals surface area contributed by atoms with Crippen LogP contribution in [0.25, 0.3) is 5.65 Å². The summed E-state index contributed by atoms with van der Waals surface area (Å²) in [6, 6.07) is 3.60. The predicted octanol–water partition coefficient (Wildman–Crippen LogP) is 1.30. The zero-order valence-corrected chi connectivity index (χ0v) is 9.98. The first-order valence-electron chi connectivity index (χ1n) is 4.43. The van der Waals surface area contributed by atoms with E-state index < -0.39 is 5.60 Å². The molecule has 0 aromatic carbocycles. The Morgan fingerprint density at radius 3 is 2.73 bits per heavy atom. The molecule has 2 aromatic heterocycles. The van der Waals surface area contributed by atoms with Crippen molar-refractivity contribution in [1.82, 2.24) is 14.6 Å². The van der Waals surface area contributed by atoms with Crippen molar-refractivity contribution in [3.05, 3.63) is 22.3 Å². The van der Waals surface area contributed by atoms with Gasteiger partial charge >= 0.3 is 0 Å². The Balaban J connectivity index is 2.83. The van der Waals surface area contributed by atoms with Crippen LogP contribution in [-0.2, 0) is 5.60 Å². The standard InChI is InChI=1S/C9H11BrN4O/c1-9(2,15)6-4-3-5(10)7-12-8(11)13-14(6)7/h3-4,15H,1-2H3,(H2,11,13). The van der Waals surface area contributed by atoms with Crippen LogP contribution in [0, 0.1) is 0 Å². The Hall–Kier alpha value is -1.14. The van der Waals surface area contributed by atoms with Crippen molar-refractivity contribution in [2.75, 3.05) is 5.73 Å². The summed E-state index contributed by atoms with van der Waals surface area (Å²) in [7, 11) is 0.